The first-order valence-corrected chi connectivity index (χ1v) is 10.2. The Labute approximate surface area is 191 Å². The lowest BCUT2D eigenvalue weighted by Gasteiger charge is -2.28. The standard InChI is InChI=1S/C21H33N5O2.HI/c1-24(2)20(27)16-23-21(22-9-11-25-12-14-28-15-13-25)26-10-8-19(17-26)18-6-4-3-5-7-18;/h3-7,19H,8-17H2,1-2H3,(H,22,23);1H. The number of hydrogen-bond acceptors (Lipinski definition) is 4. The third-order valence-corrected chi connectivity index (χ3v) is 5.44. The van der Waals surface area contributed by atoms with Crippen molar-refractivity contribution >= 4 is 35.8 Å². The van der Waals surface area contributed by atoms with Crippen LogP contribution in [0, 0.1) is 0 Å². The second-order valence-corrected chi connectivity index (χ2v) is 7.65. The zero-order valence-electron chi connectivity index (χ0n) is 17.5. The highest BCUT2D eigenvalue weighted by molar-refractivity contribution is 14.0. The van der Waals surface area contributed by atoms with Crippen molar-refractivity contribution in [2.24, 2.45) is 4.99 Å². The van der Waals surface area contributed by atoms with Crippen molar-refractivity contribution < 1.29 is 9.53 Å². The molecule has 2 aliphatic rings. The van der Waals surface area contributed by atoms with Crippen LogP contribution in [-0.2, 0) is 9.53 Å². The van der Waals surface area contributed by atoms with E-state index in [-0.39, 0.29) is 36.4 Å². The fourth-order valence-corrected chi connectivity index (χ4v) is 3.65. The number of benzene rings is 1. The van der Waals surface area contributed by atoms with Gasteiger partial charge in [0.15, 0.2) is 5.96 Å². The molecule has 29 heavy (non-hydrogen) atoms. The average Bonchev–Trinajstić information content (AvgIpc) is 3.21. The Bertz CT molecular complexity index is 650. The maximum atomic E-state index is 12.0. The molecule has 1 aromatic carbocycles. The predicted molar refractivity (Wildman–Crippen MR) is 127 cm³/mol. The number of nitrogens with one attached hydrogen (secondary N) is 1. The molecular weight excluding hydrogens is 481 g/mol. The molecule has 0 aromatic heterocycles. The number of guanidine groups is 1. The van der Waals surface area contributed by atoms with Gasteiger partial charge in [-0.25, -0.2) is 4.99 Å². The van der Waals surface area contributed by atoms with Crippen molar-refractivity contribution in [1.29, 1.82) is 0 Å². The molecule has 0 spiro atoms. The molecule has 2 saturated heterocycles. The van der Waals surface area contributed by atoms with E-state index in [0.717, 1.165) is 64.9 Å². The molecular formula is C21H34IN5O2. The number of likely N-dealkylation sites (N-methyl/N-ethyl adjacent to an activating group) is 1. The number of likely N-dealkylation sites (tertiary alicyclic amines) is 1. The molecule has 8 heteroatoms. The molecule has 1 aromatic rings. The molecule has 1 amide bonds. The van der Waals surface area contributed by atoms with Crippen molar-refractivity contribution in [1.82, 2.24) is 20.0 Å². The van der Waals surface area contributed by atoms with Gasteiger partial charge in [-0.05, 0) is 12.0 Å². The molecule has 0 saturated carbocycles. The van der Waals surface area contributed by atoms with Crippen molar-refractivity contribution in [2.45, 2.75) is 12.3 Å². The van der Waals surface area contributed by atoms with Crippen LogP contribution in [-0.4, -0.2) is 99.7 Å². The monoisotopic (exact) mass is 515 g/mol. The zero-order chi connectivity index (χ0) is 19.8. The Morgan fingerprint density at radius 1 is 1.21 bits per heavy atom. The van der Waals surface area contributed by atoms with Gasteiger partial charge in [-0.1, -0.05) is 30.3 Å². The number of carbonyl (C=O) groups is 1. The van der Waals surface area contributed by atoms with Crippen LogP contribution in [0.2, 0.25) is 0 Å². The lowest BCUT2D eigenvalue weighted by molar-refractivity contribution is -0.127. The molecule has 0 bridgehead atoms. The minimum atomic E-state index is 0. The van der Waals surface area contributed by atoms with E-state index < -0.39 is 0 Å². The van der Waals surface area contributed by atoms with Crippen LogP contribution in [0.25, 0.3) is 0 Å². The van der Waals surface area contributed by atoms with Gasteiger partial charge in [-0.15, -0.1) is 24.0 Å². The minimum Gasteiger partial charge on any atom is -0.379 e. The van der Waals surface area contributed by atoms with Gasteiger partial charge in [0.1, 0.15) is 6.54 Å². The summed E-state index contributed by atoms with van der Waals surface area (Å²) in [6, 6.07) is 10.7. The summed E-state index contributed by atoms with van der Waals surface area (Å²) in [7, 11) is 3.54. The molecule has 3 rings (SSSR count). The molecule has 1 atom stereocenters. The molecule has 2 aliphatic heterocycles. The summed E-state index contributed by atoms with van der Waals surface area (Å²) < 4.78 is 5.41. The SMILES string of the molecule is CN(C)C(=O)CN=C(NCCN1CCOCC1)N1CCC(c2ccccc2)C1.I. The predicted octanol–water partition coefficient (Wildman–Crippen LogP) is 1.46. The third-order valence-electron chi connectivity index (χ3n) is 5.44. The fraction of sp³-hybridized carbons (Fsp3) is 0.619. The van der Waals surface area contributed by atoms with Crippen LogP contribution in [0.3, 0.4) is 0 Å². The summed E-state index contributed by atoms with van der Waals surface area (Å²) in [5.74, 6) is 1.38. The van der Waals surface area contributed by atoms with E-state index in [2.05, 4.69) is 50.4 Å². The van der Waals surface area contributed by atoms with E-state index in [1.807, 2.05) is 0 Å². The number of nitrogens with zero attached hydrogens (tertiary/aromatic N) is 4. The highest BCUT2D eigenvalue weighted by Gasteiger charge is 2.26. The Hall–Kier alpha value is -1.39. The van der Waals surface area contributed by atoms with Gasteiger partial charge in [-0.3, -0.25) is 9.69 Å². The van der Waals surface area contributed by atoms with Crippen molar-refractivity contribution in [2.75, 3.05) is 73.1 Å². The summed E-state index contributed by atoms with van der Waals surface area (Å²) >= 11 is 0. The summed E-state index contributed by atoms with van der Waals surface area (Å²) in [4.78, 5) is 22.9. The van der Waals surface area contributed by atoms with E-state index in [9.17, 15) is 4.79 Å². The molecule has 2 heterocycles. The number of amides is 1. The quantitative estimate of drug-likeness (QED) is 0.353. The van der Waals surface area contributed by atoms with Gasteiger partial charge in [0.05, 0.1) is 13.2 Å². The van der Waals surface area contributed by atoms with E-state index in [1.165, 1.54) is 5.56 Å². The van der Waals surface area contributed by atoms with Crippen LogP contribution in [0.4, 0.5) is 0 Å². The number of morpholine rings is 1. The van der Waals surface area contributed by atoms with E-state index in [0.29, 0.717) is 5.92 Å². The fourth-order valence-electron chi connectivity index (χ4n) is 3.65. The Balaban J connectivity index is 0.00000300. The van der Waals surface area contributed by atoms with Crippen LogP contribution in [0.1, 0.15) is 17.9 Å². The number of aliphatic imine (C=N–C) groups is 1. The molecule has 1 N–H and O–H groups in total. The van der Waals surface area contributed by atoms with E-state index >= 15 is 0 Å². The molecule has 0 radical (unpaired) electrons. The van der Waals surface area contributed by atoms with Gasteiger partial charge in [0, 0.05) is 59.3 Å². The second-order valence-electron chi connectivity index (χ2n) is 7.65. The highest BCUT2D eigenvalue weighted by Crippen LogP contribution is 2.26. The number of hydrogen-bond donors (Lipinski definition) is 1. The smallest absolute Gasteiger partial charge is 0.243 e. The lowest BCUT2D eigenvalue weighted by atomic mass is 9.99. The second kappa shape index (κ2) is 12.3. The molecule has 0 aliphatic carbocycles. The summed E-state index contributed by atoms with van der Waals surface area (Å²) in [6.45, 7) is 7.43. The Morgan fingerprint density at radius 2 is 1.93 bits per heavy atom. The van der Waals surface area contributed by atoms with Gasteiger partial charge in [0.25, 0.3) is 0 Å². The summed E-state index contributed by atoms with van der Waals surface area (Å²) in [5.41, 5.74) is 1.38. The normalized spacial score (nSPS) is 20.3. The first-order valence-electron chi connectivity index (χ1n) is 10.2. The molecule has 1 unspecified atom stereocenters. The molecule has 162 valence electrons. The molecule has 7 nitrogen and oxygen atoms in total. The minimum absolute atomic E-state index is 0. The van der Waals surface area contributed by atoms with Crippen molar-refractivity contribution in [3.05, 3.63) is 35.9 Å². The average molecular weight is 515 g/mol. The van der Waals surface area contributed by atoms with Crippen molar-refractivity contribution in [3.63, 3.8) is 0 Å². The summed E-state index contributed by atoms with van der Waals surface area (Å²) in [6.07, 6.45) is 1.11. The summed E-state index contributed by atoms with van der Waals surface area (Å²) in [5, 5.41) is 3.50. The maximum Gasteiger partial charge on any atom is 0.243 e. The van der Waals surface area contributed by atoms with E-state index in [1.54, 1.807) is 19.0 Å². The first-order chi connectivity index (χ1) is 13.6. The first kappa shape index (κ1) is 23.9. The maximum absolute atomic E-state index is 12.0. The van der Waals surface area contributed by atoms with Gasteiger partial charge < -0.3 is 19.9 Å². The number of ether oxygens (including phenoxy) is 1. The molecule has 2 fully saturated rings. The Morgan fingerprint density at radius 3 is 2.62 bits per heavy atom. The van der Waals surface area contributed by atoms with E-state index in [4.69, 9.17) is 4.74 Å². The lowest BCUT2D eigenvalue weighted by Crippen LogP contribution is -2.45. The van der Waals surface area contributed by atoms with Gasteiger partial charge in [0.2, 0.25) is 5.91 Å². The number of rotatable bonds is 6. The highest BCUT2D eigenvalue weighted by atomic mass is 127. The van der Waals surface area contributed by atoms with Crippen molar-refractivity contribution in [3.8, 4) is 0 Å². The topological polar surface area (TPSA) is 60.4 Å². The van der Waals surface area contributed by atoms with Crippen LogP contribution >= 0.6 is 24.0 Å². The third kappa shape index (κ3) is 7.42. The Kier molecular flexibility index (Phi) is 10.2. The van der Waals surface area contributed by atoms with Crippen LogP contribution in [0.5, 0.6) is 0 Å². The zero-order valence-corrected chi connectivity index (χ0v) is 19.9. The number of carbonyl (C=O) groups excluding carboxylic acids is 1. The largest absolute Gasteiger partial charge is 0.379 e. The van der Waals surface area contributed by atoms with Gasteiger partial charge >= 0.3 is 0 Å². The van der Waals surface area contributed by atoms with Crippen LogP contribution < -0.4 is 5.32 Å². The van der Waals surface area contributed by atoms with Gasteiger partial charge in [-0.2, -0.15) is 0 Å². The number of halogens is 1. The van der Waals surface area contributed by atoms with Crippen LogP contribution in [0.15, 0.2) is 35.3 Å².